The molecule has 9 heteroatoms. The number of carbonyl (C=O) groups is 2. The summed E-state index contributed by atoms with van der Waals surface area (Å²) in [6.45, 7) is 6.48. The van der Waals surface area contributed by atoms with Gasteiger partial charge in [0.15, 0.2) is 6.04 Å². The van der Waals surface area contributed by atoms with Crippen LogP contribution >= 0.6 is 0 Å². The molecule has 8 nitrogen and oxygen atoms in total. The van der Waals surface area contributed by atoms with Crippen molar-refractivity contribution in [3.05, 3.63) is 35.4 Å². The van der Waals surface area contributed by atoms with Gasteiger partial charge >= 0.3 is 5.97 Å². The van der Waals surface area contributed by atoms with Gasteiger partial charge in [-0.15, -0.1) is 0 Å². The lowest BCUT2D eigenvalue weighted by molar-refractivity contribution is -0.870. The molecule has 2 atom stereocenters. The van der Waals surface area contributed by atoms with Crippen LogP contribution in [0.15, 0.2) is 24.3 Å². The summed E-state index contributed by atoms with van der Waals surface area (Å²) in [5.41, 5.74) is 2.14. The Morgan fingerprint density at radius 3 is 1.90 bits per heavy atom. The van der Waals surface area contributed by atoms with Crippen LogP contribution in [-0.2, 0) is 26.1 Å². The lowest BCUT2D eigenvalue weighted by Crippen LogP contribution is -2.53. The standard InChI is InChI=1S/C19H30N2O3.CH4O3S/c1-13(2)11-15-7-9-16(10-8-15)14(3)18(22)20-17(19(23)24)12-21(4,5)6;1-5(2,3)4/h7-10,13-14,17H,11-12H2,1-6H3,(H-,20,22,23,24);1H3,(H,2,3,4). The molecule has 0 saturated carbocycles. The number of nitrogens with one attached hydrogen (secondary N) is 1. The molecule has 0 spiro atoms. The van der Waals surface area contributed by atoms with E-state index in [2.05, 4.69) is 19.2 Å². The molecule has 0 fully saturated rings. The molecule has 2 N–H and O–H groups in total. The number of quaternary nitrogens is 1. The molecule has 0 bridgehead atoms. The van der Waals surface area contributed by atoms with Crippen LogP contribution in [0.3, 0.4) is 0 Å². The number of carboxylic acids is 1. The van der Waals surface area contributed by atoms with Gasteiger partial charge in [0.05, 0.1) is 37.2 Å². The smallest absolute Gasteiger partial charge is 0.332 e. The van der Waals surface area contributed by atoms with Crippen molar-refractivity contribution >= 4 is 22.0 Å². The van der Waals surface area contributed by atoms with E-state index in [1.807, 2.05) is 45.4 Å². The SMILES string of the molecule is CC(C)Cc1ccc(C(C)C(=O)NC(C[N+](C)(C)C)C(=O)O)cc1.CS(=O)(=O)[O-]. The van der Waals surface area contributed by atoms with E-state index >= 15 is 0 Å². The van der Waals surface area contributed by atoms with Crippen molar-refractivity contribution in [2.75, 3.05) is 33.9 Å². The van der Waals surface area contributed by atoms with Gasteiger partial charge < -0.3 is 19.5 Å². The molecule has 29 heavy (non-hydrogen) atoms. The minimum Gasteiger partial charge on any atom is -0.748 e. The first-order valence-electron chi connectivity index (χ1n) is 9.33. The van der Waals surface area contributed by atoms with Crippen molar-refractivity contribution in [1.82, 2.24) is 5.32 Å². The minimum atomic E-state index is -3.92. The fourth-order valence-corrected chi connectivity index (χ4v) is 2.60. The summed E-state index contributed by atoms with van der Waals surface area (Å²) < 4.78 is 27.7. The first-order chi connectivity index (χ1) is 13.0. The fraction of sp³-hybridized carbons (Fsp3) is 0.600. The third-order valence-electron chi connectivity index (χ3n) is 3.86. The van der Waals surface area contributed by atoms with Crippen LogP contribution in [0.25, 0.3) is 0 Å². The number of nitrogens with zero attached hydrogens (tertiary/aromatic N) is 1. The second-order valence-corrected chi connectivity index (χ2v) is 10.0. The van der Waals surface area contributed by atoms with Crippen LogP contribution < -0.4 is 5.32 Å². The van der Waals surface area contributed by atoms with Gasteiger partial charge in [0.25, 0.3) is 0 Å². The van der Waals surface area contributed by atoms with Crippen molar-refractivity contribution in [2.45, 2.75) is 39.2 Å². The highest BCUT2D eigenvalue weighted by Crippen LogP contribution is 2.18. The highest BCUT2D eigenvalue weighted by molar-refractivity contribution is 7.84. The molecule has 0 aromatic heterocycles. The van der Waals surface area contributed by atoms with Crippen molar-refractivity contribution in [3.63, 3.8) is 0 Å². The normalized spacial score (nSPS) is 13.8. The summed E-state index contributed by atoms with van der Waals surface area (Å²) >= 11 is 0. The molecule has 0 aliphatic carbocycles. The monoisotopic (exact) mass is 430 g/mol. The van der Waals surface area contributed by atoms with Crippen LogP contribution in [0.1, 0.15) is 37.8 Å². The lowest BCUT2D eigenvalue weighted by Gasteiger charge is -2.28. The number of likely N-dealkylation sites (N-methyl/N-ethyl adjacent to an activating group) is 1. The summed E-state index contributed by atoms with van der Waals surface area (Å²) in [6.07, 6.45) is 1.61. The number of amides is 1. The second-order valence-electron chi connectivity index (χ2n) is 8.64. The van der Waals surface area contributed by atoms with Gasteiger partial charge in [0.2, 0.25) is 5.91 Å². The zero-order valence-corrected chi connectivity index (χ0v) is 19.1. The maximum atomic E-state index is 12.4. The van der Waals surface area contributed by atoms with Gasteiger partial charge in [0, 0.05) is 6.26 Å². The highest BCUT2D eigenvalue weighted by Gasteiger charge is 2.28. The molecule has 1 amide bonds. The van der Waals surface area contributed by atoms with Gasteiger partial charge in [-0.3, -0.25) is 4.79 Å². The summed E-state index contributed by atoms with van der Waals surface area (Å²) in [6, 6.07) is 7.11. The summed E-state index contributed by atoms with van der Waals surface area (Å²) in [5.74, 6) is -1.06. The van der Waals surface area contributed by atoms with Crippen LogP contribution in [-0.4, -0.2) is 74.4 Å². The molecular weight excluding hydrogens is 396 g/mol. The number of benzene rings is 1. The Kier molecular flexibility index (Phi) is 10.5. The molecule has 0 saturated heterocycles. The van der Waals surface area contributed by atoms with E-state index in [1.54, 1.807) is 6.92 Å². The van der Waals surface area contributed by atoms with Gasteiger partial charge in [-0.25, -0.2) is 13.2 Å². The van der Waals surface area contributed by atoms with Gasteiger partial charge in [0.1, 0.15) is 6.54 Å². The topological polar surface area (TPSA) is 124 Å². The molecule has 1 rings (SSSR count). The number of hydrogen-bond donors (Lipinski definition) is 2. The fourth-order valence-electron chi connectivity index (χ4n) is 2.60. The zero-order chi connectivity index (χ0) is 23.0. The zero-order valence-electron chi connectivity index (χ0n) is 18.3. The molecule has 0 radical (unpaired) electrons. The largest absolute Gasteiger partial charge is 0.748 e. The predicted molar refractivity (Wildman–Crippen MR) is 111 cm³/mol. The number of hydrogen-bond acceptors (Lipinski definition) is 5. The maximum absolute atomic E-state index is 12.4. The Labute approximate surface area is 174 Å². The van der Waals surface area contributed by atoms with E-state index in [9.17, 15) is 14.7 Å². The van der Waals surface area contributed by atoms with Crippen LogP contribution in [0, 0.1) is 5.92 Å². The Hall–Kier alpha value is -1.97. The van der Waals surface area contributed by atoms with E-state index in [1.165, 1.54) is 5.56 Å². The minimum absolute atomic E-state index is 0.257. The Balaban J connectivity index is 0.00000139. The summed E-state index contributed by atoms with van der Waals surface area (Å²) in [7, 11) is 1.79. The first-order valence-corrected chi connectivity index (χ1v) is 11.1. The predicted octanol–water partition coefficient (Wildman–Crippen LogP) is 1.43. The number of aliphatic carboxylic acids is 1. The van der Waals surface area contributed by atoms with Crippen molar-refractivity contribution in [3.8, 4) is 0 Å². The Bertz CT molecular complexity index is 759. The van der Waals surface area contributed by atoms with E-state index in [0.29, 0.717) is 23.2 Å². The van der Waals surface area contributed by atoms with Gasteiger partial charge in [-0.2, -0.15) is 0 Å². The molecule has 2 unspecified atom stereocenters. The summed E-state index contributed by atoms with van der Waals surface area (Å²) in [4.78, 5) is 23.8. The Morgan fingerprint density at radius 2 is 1.55 bits per heavy atom. The van der Waals surface area contributed by atoms with E-state index in [0.717, 1.165) is 12.0 Å². The average Bonchev–Trinajstić information content (AvgIpc) is 2.50. The molecule has 0 heterocycles. The maximum Gasteiger partial charge on any atom is 0.332 e. The van der Waals surface area contributed by atoms with E-state index in [-0.39, 0.29) is 11.8 Å². The molecule has 0 aliphatic rings. The molecule has 166 valence electrons. The Morgan fingerprint density at radius 1 is 1.10 bits per heavy atom. The van der Waals surface area contributed by atoms with Crippen molar-refractivity contribution in [2.24, 2.45) is 5.92 Å². The number of carboxylic acid groups (broad SMARTS) is 1. The molecule has 1 aromatic carbocycles. The van der Waals surface area contributed by atoms with E-state index < -0.39 is 22.1 Å². The van der Waals surface area contributed by atoms with Crippen LogP contribution in [0.4, 0.5) is 0 Å². The third kappa shape index (κ3) is 13.8. The van der Waals surface area contributed by atoms with Gasteiger partial charge in [-0.1, -0.05) is 38.1 Å². The van der Waals surface area contributed by atoms with Crippen LogP contribution in [0.2, 0.25) is 0 Å². The molecular formula is C20H34N2O6S. The van der Waals surface area contributed by atoms with E-state index in [4.69, 9.17) is 13.0 Å². The lowest BCUT2D eigenvalue weighted by atomic mass is 9.96. The summed E-state index contributed by atoms with van der Waals surface area (Å²) in [5, 5.41) is 12.0. The quantitative estimate of drug-likeness (QED) is 0.475. The average molecular weight is 431 g/mol. The first kappa shape index (κ1) is 27.0. The van der Waals surface area contributed by atoms with Crippen LogP contribution in [0.5, 0.6) is 0 Å². The molecule has 0 aliphatic heterocycles. The van der Waals surface area contributed by atoms with Crippen molar-refractivity contribution < 1.29 is 32.1 Å². The van der Waals surface area contributed by atoms with Crippen molar-refractivity contribution in [1.29, 1.82) is 0 Å². The second kappa shape index (κ2) is 11.3. The highest BCUT2D eigenvalue weighted by atomic mass is 32.2. The number of rotatable bonds is 8. The number of carbonyl (C=O) groups excluding carboxylic acids is 1. The molecule has 1 aromatic rings. The van der Waals surface area contributed by atoms with Gasteiger partial charge in [-0.05, 0) is 30.4 Å². The third-order valence-corrected chi connectivity index (χ3v) is 3.86.